The van der Waals surface area contributed by atoms with Gasteiger partial charge in [0.15, 0.2) is 8.07 Å². The van der Waals surface area contributed by atoms with Crippen LogP contribution in [0.2, 0.25) is 0 Å². The highest BCUT2D eigenvalue weighted by molar-refractivity contribution is 7.25. The summed E-state index contributed by atoms with van der Waals surface area (Å²) in [5.41, 5.74) is 6.12. The Labute approximate surface area is 302 Å². The number of thiophene rings is 1. The highest BCUT2D eigenvalue weighted by Crippen LogP contribution is 2.36. The maximum Gasteiger partial charge on any atom is 0.179 e. The van der Waals surface area contributed by atoms with Crippen molar-refractivity contribution >= 4 is 82.1 Å². The molecule has 0 atom stereocenters. The van der Waals surface area contributed by atoms with Crippen LogP contribution >= 0.6 is 11.3 Å². The molecule has 0 amide bonds. The molecule has 51 heavy (non-hydrogen) atoms. The molecule has 0 saturated carbocycles. The number of benzene rings is 8. The zero-order valence-corrected chi connectivity index (χ0v) is 29.7. The van der Waals surface area contributed by atoms with Crippen molar-refractivity contribution in [2.75, 3.05) is 0 Å². The molecule has 0 N–H and O–H groups in total. The Hall–Kier alpha value is -6.00. The highest BCUT2D eigenvalue weighted by atomic mass is 32.1. The molecule has 240 valence electrons. The molecular formula is C48H33NSSi. The molecular weight excluding hydrogens is 651 g/mol. The molecule has 2 heterocycles. The lowest BCUT2D eigenvalue weighted by Gasteiger charge is -2.35. The Balaban J connectivity index is 1.24. The third kappa shape index (κ3) is 4.74. The summed E-state index contributed by atoms with van der Waals surface area (Å²) in [6.07, 6.45) is 0. The third-order valence-corrected chi connectivity index (χ3v) is 16.4. The van der Waals surface area contributed by atoms with Crippen molar-refractivity contribution in [3.63, 3.8) is 0 Å². The van der Waals surface area contributed by atoms with Crippen LogP contribution in [-0.2, 0) is 0 Å². The van der Waals surface area contributed by atoms with Crippen molar-refractivity contribution in [3.05, 3.63) is 200 Å². The summed E-state index contributed by atoms with van der Waals surface area (Å²) in [5, 5.41) is 10.7. The van der Waals surface area contributed by atoms with Gasteiger partial charge in [0.1, 0.15) is 0 Å². The van der Waals surface area contributed by atoms with Gasteiger partial charge in [0.05, 0.1) is 11.0 Å². The quantitative estimate of drug-likeness (QED) is 0.121. The maximum atomic E-state index is 2.48. The summed E-state index contributed by atoms with van der Waals surface area (Å²) in [6, 6.07) is 74.6. The lowest BCUT2D eigenvalue weighted by molar-refractivity contribution is 1.18. The average molecular weight is 684 g/mol. The van der Waals surface area contributed by atoms with Gasteiger partial charge in [-0.1, -0.05) is 158 Å². The molecule has 10 aromatic rings. The summed E-state index contributed by atoms with van der Waals surface area (Å²) in [5.74, 6) is 0. The zero-order chi connectivity index (χ0) is 33.8. The van der Waals surface area contributed by atoms with E-state index in [-0.39, 0.29) is 0 Å². The van der Waals surface area contributed by atoms with Gasteiger partial charge in [-0.15, -0.1) is 11.3 Å². The van der Waals surface area contributed by atoms with E-state index in [2.05, 4.69) is 205 Å². The Morgan fingerprint density at radius 2 is 0.843 bits per heavy atom. The van der Waals surface area contributed by atoms with Gasteiger partial charge in [-0.3, -0.25) is 0 Å². The van der Waals surface area contributed by atoms with Gasteiger partial charge < -0.3 is 4.57 Å². The van der Waals surface area contributed by atoms with Crippen LogP contribution in [0, 0.1) is 0 Å². The summed E-state index contributed by atoms with van der Waals surface area (Å²) in [6.45, 7) is 0. The Kier molecular flexibility index (Phi) is 7.09. The van der Waals surface area contributed by atoms with Crippen LogP contribution in [0.4, 0.5) is 0 Å². The van der Waals surface area contributed by atoms with Crippen LogP contribution in [0.25, 0.3) is 58.8 Å². The third-order valence-electron chi connectivity index (χ3n) is 10.5. The second-order valence-corrected chi connectivity index (χ2v) is 18.2. The van der Waals surface area contributed by atoms with E-state index in [1.165, 1.54) is 79.5 Å². The minimum atomic E-state index is -2.84. The standard InChI is InChI=1S/C48H33NSSi/c1-3-17-37(18-4-1)51(38-19-5-2-6-20-38,39-21-13-15-34(31-39)35-29-30-48-44(32-35)43-25-9-12-28-47(43)50-48)40-22-14-16-36(33-40)49-45-26-10-7-23-41(45)42-24-8-11-27-46(42)49/h1-33H. The Bertz CT molecular complexity index is 2770. The zero-order valence-electron chi connectivity index (χ0n) is 27.9. The van der Waals surface area contributed by atoms with Gasteiger partial charge in [0, 0.05) is 36.6 Å². The highest BCUT2D eigenvalue weighted by Gasteiger charge is 2.41. The molecule has 2 aromatic heterocycles. The molecule has 0 unspecified atom stereocenters. The first kappa shape index (κ1) is 29.9. The van der Waals surface area contributed by atoms with Crippen LogP contribution < -0.4 is 20.7 Å². The minimum Gasteiger partial charge on any atom is -0.309 e. The summed E-state index contributed by atoms with van der Waals surface area (Å²) >= 11 is 1.87. The molecule has 0 radical (unpaired) electrons. The predicted octanol–water partition coefficient (Wildman–Crippen LogP) is 10.2. The van der Waals surface area contributed by atoms with Crippen LogP contribution in [0.1, 0.15) is 0 Å². The van der Waals surface area contributed by atoms with Crippen molar-refractivity contribution in [3.8, 4) is 16.8 Å². The van der Waals surface area contributed by atoms with E-state index in [4.69, 9.17) is 0 Å². The van der Waals surface area contributed by atoms with E-state index in [0.717, 1.165) is 0 Å². The van der Waals surface area contributed by atoms with Crippen molar-refractivity contribution in [1.29, 1.82) is 0 Å². The molecule has 0 aliphatic heterocycles. The first-order valence-electron chi connectivity index (χ1n) is 17.5. The minimum absolute atomic E-state index is 1.18. The number of fused-ring (bicyclic) bond motifs is 6. The Morgan fingerprint density at radius 3 is 1.53 bits per heavy atom. The molecule has 3 heteroatoms. The first-order valence-corrected chi connectivity index (χ1v) is 20.3. The lowest BCUT2D eigenvalue weighted by Crippen LogP contribution is -2.74. The van der Waals surface area contributed by atoms with E-state index < -0.39 is 8.07 Å². The number of rotatable bonds is 6. The maximum absolute atomic E-state index is 2.84. The second-order valence-electron chi connectivity index (χ2n) is 13.3. The topological polar surface area (TPSA) is 4.93 Å². The molecule has 10 rings (SSSR count). The van der Waals surface area contributed by atoms with Crippen molar-refractivity contribution in [2.24, 2.45) is 0 Å². The van der Waals surface area contributed by atoms with Crippen molar-refractivity contribution < 1.29 is 0 Å². The second kappa shape index (κ2) is 12.1. The molecule has 8 aromatic carbocycles. The normalized spacial score (nSPS) is 11.9. The van der Waals surface area contributed by atoms with Gasteiger partial charge in [0.25, 0.3) is 0 Å². The van der Waals surface area contributed by atoms with E-state index in [9.17, 15) is 0 Å². The fourth-order valence-electron chi connectivity index (χ4n) is 8.29. The SMILES string of the molecule is c1ccc([Si](c2ccccc2)(c2cccc(-c3ccc4sc5ccccc5c4c3)c2)c2cccc(-n3c4ccccc4c4ccccc43)c2)cc1. The fourth-order valence-corrected chi connectivity index (χ4v) is 14.2. The molecule has 0 bridgehead atoms. The van der Waals surface area contributed by atoms with E-state index >= 15 is 0 Å². The molecule has 0 aliphatic rings. The van der Waals surface area contributed by atoms with Crippen LogP contribution in [0.15, 0.2) is 200 Å². The fraction of sp³-hybridized carbons (Fsp3) is 0. The van der Waals surface area contributed by atoms with Gasteiger partial charge in [-0.25, -0.2) is 0 Å². The molecule has 0 saturated heterocycles. The number of para-hydroxylation sites is 2. The van der Waals surface area contributed by atoms with Crippen molar-refractivity contribution in [1.82, 2.24) is 4.57 Å². The molecule has 0 spiro atoms. The summed E-state index contributed by atoms with van der Waals surface area (Å²) in [7, 11) is -2.84. The van der Waals surface area contributed by atoms with E-state index in [1.54, 1.807) is 0 Å². The molecule has 0 fully saturated rings. The van der Waals surface area contributed by atoms with Crippen LogP contribution in [0.3, 0.4) is 0 Å². The lowest BCUT2D eigenvalue weighted by atomic mass is 10.0. The van der Waals surface area contributed by atoms with Gasteiger partial charge in [-0.2, -0.15) is 0 Å². The molecule has 0 aliphatic carbocycles. The van der Waals surface area contributed by atoms with Gasteiger partial charge >= 0.3 is 0 Å². The number of aromatic nitrogens is 1. The largest absolute Gasteiger partial charge is 0.309 e. The number of hydrogen-bond acceptors (Lipinski definition) is 1. The summed E-state index contributed by atoms with van der Waals surface area (Å²) < 4.78 is 5.11. The predicted molar refractivity (Wildman–Crippen MR) is 223 cm³/mol. The van der Waals surface area contributed by atoms with Gasteiger partial charge in [0.2, 0.25) is 0 Å². The van der Waals surface area contributed by atoms with Crippen LogP contribution in [-0.4, -0.2) is 12.6 Å². The number of nitrogens with zero attached hydrogens (tertiary/aromatic N) is 1. The van der Waals surface area contributed by atoms with E-state index in [1.807, 2.05) is 11.3 Å². The first-order chi connectivity index (χ1) is 25.3. The molecule has 1 nitrogen and oxygen atoms in total. The van der Waals surface area contributed by atoms with Gasteiger partial charge in [-0.05, 0) is 74.3 Å². The smallest absolute Gasteiger partial charge is 0.179 e. The summed E-state index contributed by atoms with van der Waals surface area (Å²) in [4.78, 5) is 0. The Morgan fingerprint density at radius 1 is 0.333 bits per heavy atom. The van der Waals surface area contributed by atoms with Crippen LogP contribution in [0.5, 0.6) is 0 Å². The van der Waals surface area contributed by atoms with Crippen molar-refractivity contribution in [2.45, 2.75) is 0 Å². The van der Waals surface area contributed by atoms with E-state index in [0.29, 0.717) is 0 Å². The monoisotopic (exact) mass is 683 g/mol. The number of hydrogen-bond donors (Lipinski definition) is 0. The average Bonchev–Trinajstić information content (AvgIpc) is 3.75.